The van der Waals surface area contributed by atoms with Crippen LogP contribution in [0.2, 0.25) is 0 Å². The number of aryl methyl sites for hydroxylation is 2. The van der Waals surface area contributed by atoms with Crippen LogP contribution in [-0.4, -0.2) is 25.6 Å². The second-order valence-corrected chi connectivity index (χ2v) is 4.42. The molecule has 17 heavy (non-hydrogen) atoms. The summed E-state index contributed by atoms with van der Waals surface area (Å²) in [4.78, 5) is 1.63. The summed E-state index contributed by atoms with van der Waals surface area (Å²) < 4.78 is 5.50. The summed E-state index contributed by atoms with van der Waals surface area (Å²) in [6.07, 6.45) is 2.94. The minimum atomic E-state index is 0.718. The quantitative estimate of drug-likeness (QED) is 0.591. The average molecular weight is 232 g/mol. The lowest BCUT2D eigenvalue weighted by atomic mass is 9.97. The fourth-order valence-electron chi connectivity index (χ4n) is 2.02. The van der Waals surface area contributed by atoms with Gasteiger partial charge in [0, 0.05) is 13.6 Å². The smallest absolute Gasteiger partial charge is 0.179 e. The average Bonchev–Trinajstić information content (AvgIpc) is 2.31. The van der Waals surface area contributed by atoms with Crippen molar-refractivity contribution in [2.45, 2.75) is 27.2 Å². The van der Waals surface area contributed by atoms with Gasteiger partial charge in [-0.15, -0.1) is 0 Å². The minimum absolute atomic E-state index is 0.718. The lowest BCUT2D eigenvalue weighted by Crippen LogP contribution is -2.16. The van der Waals surface area contributed by atoms with E-state index in [0.29, 0.717) is 0 Å². The highest BCUT2D eigenvalue weighted by molar-refractivity contribution is 5.49. The van der Waals surface area contributed by atoms with Crippen LogP contribution in [0.3, 0.4) is 0 Å². The van der Waals surface area contributed by atoms with Crippen molar-refractivity contribution in [3.05, 3.63) is 28.3 Å². The van der Waals surface area contributed by atoms with E-state index in [4.69, 9.17) is 10.00 Å². The van der Waals surface area contributed by atoms with Gasteiger partial charge in [0.2, 0.25) is 0 Å². The predicted molar refractivity (Wildman–Crippen MR) is 69.2 cm³/mol. The number of ether oxygens (including phenoxy) is 1. The lowest BCUT2D eigenvalue weighted by Gasteiger charge is -2.17. The van der Waals surface area contributed by atoms with Crippen molar-refractivity contribution in [1.82, 2.24) is 4.90 Å². The first-order valence-corrected chi connectivity index (χ1v) is 5.75. The maximum absolute atomic E-state index is 8.75. The first-order chi connectivity index (χ1) is 8.01. The van der Waals surface area contributed by atoms with E-state index in [1.54, 1.807) is 19.1 Å². The van der Waals surface area contributed by atoms with Gasteiger partial charge in [-0.1, -0.05) is 6.07 Å². The number of likely N-dealkylation sites (N-methyl/N-ethyl adjacent to an activating group) is 1. The van der Waals surface area contributed by atoms with Gasteiger partial charge in [-0.25, -0.2) is 0 Å². The van der Waals surface area contributed by atoms with Crippen molar-refractivity contribution < 1.29 is 4.74 Å². The van der Waals surface area contributed by atoms with Crippen LogP contribution in [0, 0.1) is 32.2 Å². The molecule has 0 saturated heterocycles. The van der Waals surface area contributed by atoms with E-state index < -0.39 is 0 Å². The van der Waals surface area contributed by atoms with Crippen molar-refractivity contribution in [1.29, 1.82) is 5.26 Å². The summed E-state index contributed by atoms with van der Waals surface area (Å²) >= 11 is 0. The molecule has 0 spiro atoms. The normalized spacial score (nSPS) is 9.88. The Morgan fingerprint density at radius 2 is 1.94 bits per heavy atom. The van der Waals surface area contributed by atoms with Crippen LogP contribution in [0.25, 0.3) is 0 Å². The summed E-state index contributed by atoms with van der Waals surface area (Å²) in [5.41, 5.74) is 4.87. The zero-order valence-electron chi connectivity index (χ0n) is 11.3. The molecule has 0 amide bonds. The molecule has 1 aromatic carbocycles. The summed E-state index contributed by atoms with van der Waals surface area (Å²) in [5, 5.41) is 8.75. The van der Waals surface area contributed by atoms with E-state index in [-0.39, 0.29) is 0 Å². The van der Waals surface area contributed by atoms with E-state index >= 15 is 0 Å². The van der Waals surface area contributed by atoms with Crippen LogP contribution in [0.15, 0.2) is 6.07 Å². The highest BCUT2D eigenvalue weighted by Gasteiger charge is 2.12. The molecule has 92 valence electrons. The van der Waals surface area contributed by atoms with Crippen molar-refractivity contribution >= 4 is 0 Å². The van der Waals surface area contributed by atoms with Gasteiger partial charge in [-0.2, -0.15) is 5.26 Å². The Balaban J connectivity index is 3.06. The van der Waals surface area contributed by atoms with Gasteiger partial charge in [0.1, 0.15) is 5.75 Å². The second-order valence-electron chi connectivity index (χ2n) is 4.42. The van der Waals surface area contributed by atoms with Crippen molar-refractivity contribution in [3.63, 3.8) is 0 Å². The second kappa shape index (κ2) is 5.58. The predicted octanol–water partition coefficient (Wildman–Crippen LogP) is 2.58. The number of rotatable bonds is 4. The standard InChI is InChI=1S/C14H20N2O/c1-10-8-11(2)13(6-7-16(4)9-15)14(17-5)12(10)3/h8H,6-7H2,1-5H3. The van der Waals surface area contributed by atoms with E-state index in [0.717, 1.165) is 18.7 Å². The molecule has 3 nitrogen and oxygen atoms in total. The van der Waals surface area contributed by atoms with Crippen LogP contribution in [0.4, 0.5) is 0 Å². The molecular formula is C14H20N2O. The summed E-state index contributed by atoms with van der Waals surface area (Å²) in [6, 6.07) is 2.18. The number of nitrogens with zero attached hydrogens (tertiary/aromatic N) is 2. The molecule has 0 atom stereocenters. The van der Waals surface area contributed by atoms with E-state index in [2.05, 4.69) is 33.0 Å². The maximum atomic E-state index is 8.75. The van der Waals surface area contributed by atoms with Gasteiger partial charge < -0.3 is 9.64 Å². The Kier molecular flexibility index (Phi) is 4.39. The van der Waals surface area contributed by atoms with Crippen molar-refractivity contribution in [2.75, 3.05) is 20.7 Å². The van der Waals surface area contributed by atoms with Crippen LogP contribution in [-0.2, 0) is 6.42 Å². The molecule has 0 fully saturated rings. The van der Waals surface area contributed by atoms with Crippen LogP contribution in [0.1, 0.15) is 22.3 Å². The first kappa shape index (κ1) is 13.4. The van der Waals surface area contributed by atoms with Crippen LogP contribution in [0.5, 0.6) is 5.75 Å². The fourth-order valence-corrected chi connectivity index (χ4v) is 2.02. The van der Waals surface area contributed by atoms with E-state index in [1.807, 2.05) is 0 Å². The van der Waals surface area contributed by atoms with Gasteiger partial charge in [0.15, 0.2) is 6.19 Å². The number of methoxy groups -OCH3 is 1. The Bertz CT molecular complexity index is 447. The molecule has 1 aromatic rings. The lowest BCUT2D eigenvalue weighted by molar-refractivity contribution is 0.400. The summed E-state index contributed by atoms with van der Waals surface area (Å²) in [5.74, 6) is 0.967. The van der Waals surface area contributed by atoms with Crippen molar-refractivity contribution in [3.8, 4) is 11.9 Å². The minimum Gasteiger partial charge on any atom is -0.496 e. The molecule has 0 heterocycles. The van der Waals surface area contributed by atoms with Crippen LogP contribution < -0.4 is 4.74 Å². The van der Waals surface area contributed by atoms with Crippen molar-refractivity contribution in [2.24, 2.45) is 0 Å². The Hall–Kier alpha value is -1.69. The number of nitriles is 1. The SMILES string of the molecule is COc1c(C)c(C)cc(C)c1CCN(C)C#N. The molecule has 0 radical (unpaired) electrons. The molecule has 0 aromatic heterocycles. The molecule has 0 unspecified atom stereocenters. The monoisotopic (exact) mass is 232 g/mol. The third kappa shape index (κ3) is 2.91. The van der Waals surface area contributed by atoms with Crippen LogP contribution >= 0.6 is 0 Å². The highest BCUT2D eigenvalue weighted by Crippen LogP contribution is 2.29. The first-order valence-electron chi connectivity index (χ1n) is 5.75. The van der Waals surface area contributed by atoms with E-state index in [1.165, 1.54) is 22.3 Å². The summed E-state index contributed by atoms with van der Waals surface area (Å²) in [6.45, 7) is 6.98. The largest absolute Gasteiger partial charge is 0.496 e. The number of benzene rings is 1. The molecular weight excluding hydrogens is 212 g/mol. The molecule has 1 rings (SSSR count). The highest BCUT2D eigenvalue weighted by atomic mass is 16.5. The molecule has 0 aliphatic heterocycles. The molecule has 0 aliphatic rings. The third-order valence-corrected chi connectivity index (χ3v) is 3.19. The summed E-state index contributed by atoms with van der Waals surface area (Å²) in [7, 11) is 3.50. The zero-order chi connectivity index (χ0) is 13.0. The van der Waals surface area contributed by atoms with Gasteiger partial charge >= 0.3 is 0 Å². The fraction of sp³-hybridized carbons (Fsp3) is 0.500. The van der Waals surface area contributed by atoms with Gasteiger partial charge in [-0.3, -0.25) is 0 Å². The van der Waals surface area contributed by atoms with Gasteiger partial charge in [-0.05, 0) is 49.4 Å². The van der Waals surface area contributed by atoms with Gasteiger partial charge in [0.05, 0.1) is 7.11 Å². The molecule has 0 aliphatic carbocycles. The Morgan fingerprint density at radius 1 is 1.29 bits per heavy atom. The molecule has 0 N–H and O–H groups in total. The number of hydrogen-bond donors (Lipinski definition) is 0. The molecule has 0 saturated carbocycles. The Labute approximate surface area is 104 Å². The maximum Gasteiger partial charge on any atom is 0.179 e. The number of hydrogen-bond acceptors (Lipinski definition) is 3. The topological polar surface area (TPSA) is 36.3 Å². The third-order valence-electron chi connectivity index (χ3n) is 3.19. The zero-order valence-corrected chi connectivity index (χ0v) is 11.3. The molecule has 3 heteroatoms. The van der Waals surface area contributed by atoms with E-state index in [9.17, 15) is 0 Å². The Morgan fingerprint density at radius 3 is 2.47 bits per heavy atom. The van der Waals surface area contributed by atoms with Gasteiger partial charge in [0.25, 0.3) is 0 Å². The molecule has 0 bridgehead atoms.